The number of pyridine rings is 2. The van der Waals surface area contributed by atoms with Crippen molar-refractivity contribution in [2.24, 2.45) is 5.73 Å². The molecule has 0 fully saturated rings. The minimum absolute atomic E-state index is 0.179. The number of rotatable bonds is 7. The van der Waals surface area contributed by atoms with Crippen LogP contribution in [-0.2, 0) is 11.2 Å². The molecule has 0 aliphatic rings. The standard InChI is InChI=1S/C24H30N6O3/c1-6-7-10-16-20(22(26)31)29-30(15-9-8-11-27-12-15)21(16)19-14(2)18(25)17(13-28-19)23(32)33-24(3,4)5/h8-9,11-13H,6-7,10H2,1-5H3,(H2,25,28)(H2,26,31). The summed E-state index contributed by atoms with van der Waals surface area (Å²) in [6.45, 7) is 9.20. The van der Waals surface area contributed by atoms with Crippen molar-refractivity contribution in [3.8, 4) is 17.1 Å². The third-order valence-corrected chi connectivity index (χ3v) is 5.10. The summed E-state index contributed by atoms with van der Waals surface area (Å²) in [4.78, 5) is 33.7. The summed E-state index contributed by atoms with van der Waals surface area (Å²) in [6.07, 6.45) is 7.02. The Labute approximate surface area is 193 Å². The number of hydrogen-bond donors (Lipinski definition) is 2. The molecule has 33 heavy (non-hydrogen) atoms. The fraction of sp³-hybridized carbons (Fsp3) is 0.375. The van der Waals surface area contributed by atoms with Crippen molar-refractivity contribution in [1.29, 1.82) is 0 Å². The van der Waals surface area contributed by atoms with E-state index in [1.54, 1.807) is 50.8 Å². The lowest BCUT2D eigenvalue weighted by Gasteiger charge is -2.21. The Balaban J connectivity index is 2.25. The maximum absolute atomic E-state index is 12.6. The van der Waals surface area contributed by atoms with Gasteiger partial charge in [0.05, 0.1) is 29.0 Å². The lowest BCUT2D eigenvalue weighted by molar-refractivity contribution is 0.00702. The largest absolute Gasteiger partial charge is 0.456 e. The van der Waals surface area contributed by atoms with Gasteiger partial charge in [0.2, 0.25) is 0 Å². The number of nitrogen functional groups attached to an aromatic ring is 1. The van der Waals surface area contributed by atoms with Crippen LogP contribution in [0.25, 0.3) is 17.1 Å². The van der Waals surface area contributed by atoms with Crippen LogP contribution in [0.1, 0.15) is 72.5 Å². The average Bonchev–Trinajstić information content (AvgIpc) is 3.13. The third kappa shape index (κ3) is 5.02. The Morgan fingerprint density at radius 3 is 2.52 bits per heavy atom. The van der Waals surface area contributed by atoms with Gasteiger partial charge in [-0.25, -0.2) is 9.48 Å². The zero-order chi connectivity index (χ0) is 24.3. The summed E-state index contributed by atoms with van der Waals surface area (Å²) in [6, 6.07) is 3.60. The maximum Gasteiger partial charge on any atom is 0.342 e. The minimum Gasteiger partial charge on any atom is -0.456 e. The molecule has 0 radical (unpaired) electrons. The van der Waals surface area contributed by atoms with Crippen LogP contribution in [0, 0.1) is 6.92 Å². The van der Waals surface area contributed by atoms with E-state index >= 15 is 0 Å². The van der Waals surface area contributed by atoms with E-state index in [0.717, 1.165) is 12.8 Å². The number of carbonyl (C=O) groups is 2. The third-order valence-electron chi connectivity index (χ3n) is 5.10. The molecule has 0 atom stereocenters. The summed E-state index contributed by atoms with van der Waals surface area (Å²) < 4.78 is 7.08. The van der Waals surface area contributed by atoms with Crippen molar-refractivity contribution in [3.63, 3.8) is 0 Å². The van der Waals surface area contributed by atoms with Crippen LogP contribution in [0.5, 0.6) is 0 Å². The summed E-state index contributed by atoms with van der Waals surface area (Å²) in [5, 5.41) is 4.52. The summed E-state index contributed by atoms with van der Waals surface area (Å²) >= 11 is 0. The van der Waals surface area contributed by atoms with Gasteiger partial charge in [-0.2, -0.15) is 5.10 Å². The van der Waals surface area contributed by atoms with E-state index in [-0.39, 0.29) is 16.9 Å². The smallest absolute Gasteiger partial charge is 0.342 e. The molecular weight excluding hydrogens is 420 g/mol. The first-order chi connectivity index (χ1) is 15.5. The first-order valence-corrected chi connectivity index (χ1v) is 10.9. The Bertz CT molecular complexity index is 1180. The maximum atomic E-state index is 12.6. The number of nitrogens with zero attached hydrogens (tertiary/aromatic N) is 4. The Hall–Kier alpha value is -3.75. The number of aromatic nitrogens is 4. The molecule has 4 N–H and O–H groups in total. The molecule has 3 heterocycles. The van der Waals surface area contributed by atoms with Gasteiger partial charge >= 0.3 is 5.97 Å². The van der Waals surface area contributed by atoms with Crippen molar-refractivity contribution >= 4 is 17.6 Å². The van der Waals surface area contributed by atoms with Crippen molar-refractivity contribution < 1.29 is 14.3 Å². The molecule has 0 bridgehead atoms. The quantitative estimate of drug-likeness (QED) is 0.524. The second-order valence-electron chi connectivity index (χ2n) is 8.83. The van der Waals surface area contributed by atoms with Crippen LogP contribution in [0.4, 0.5) is 5.69 Å². The number of anilines is 1. The average molecular weight is 451 g/mol. The minimum atomic E-state index is -0.668. The van der Waals surface area contributed by atoms with Gasteiger partial charge in [-0.1, -0.05) is 13.3 Å². The van der Waals surface area contributed by atoms with E-state index in [2.05, 4.69) is 22.0 Å². The van der Waals surface area contributed by atoms with Crippen LogP contribution in [-0.4, -0.2) is 37.2 Å². The molecule has 0 saturated heterocycles. The van der Waals surface area contributed by atoms with Crippen LogP contribution < -0.4 is 11.5 Å². The van der Waals surface area contributed by atoms with Crippen molar-refractivity contribution in [2.75, 3.05) is 5.73 Å². The van der Waals surface area contributed by atoms with Gasteiger partial charge in [0.15, 0.2) is 5.69 Å². The van der Waals surface area contributed by atoms with E-state index in [9.17, 15) is 9.59 Å². The number of hydrogen-bond acceptors (Lipinski definition) is 7. The topological polar surface area (TPSA) is 139 Å². The number of amides is 1. The molecule has 0 aliphatic heterocycles. The fourth-order valence-electron chi connectivity index (χ4n) is 3.51. The molecule has 0 aliphatic carbocycles. The first-order valence-electron chi connectivity index (χ1n) is 10.9. The summed E-state index contributed by atoms with van der Waals surface area (Å²) in [5.41, 5.74) is 15.0. The van der Waals surface area contributed by atoms with Crippen molar-refractivity contribution in [2.45, 2.75) is 59.5 Å². The second kappa shape index (κ2) is 9.40. The molecule has 1 amide bonds. The molecule has 3 rings (SSSR count). The summed E-state index contributed by atoms with van der Waals surface area (Å²) in [7, 11) is 0. The molecule has 3 aromatic rings. The van der Waals surface area contributed by atoms with E-state index in [1.165, 1.54) is 6.20 Å². The molecule has 0 spiro atoms. The lowest BCUT2D eigenvalue weighted by atomic mass is 9.99. The predicted molar refractivity (Wildman–Crippen MR) is 126 cm³/mol. The number of unbranched alkanes of at least 4 members (excludes halogenated alkanes) is 1. The molecule has 0 unspecified atom stereocenters. The highest BCUT2D eigenvalue weighted by Gasteiger charge is 2.28. The van der Waals surface area contributed by atoms with Crippen LogP contribution >= 0.6 is 0 Å². The highest BCUT2D eigenvalue weighted by atomic mass is 16.6. The van der Waals surface area contributed by atoms with Crippen molar-refractivity contribution in [1.82, 2.24) is 19.7 Å². The SMILES string of the molecule is CCCCc1c(C(N)=O)nn(-c2cccnc2)c1-c1ncc(C(=O)OC(C)(C)C)c(N)c1C. The fourth-order valence-corrected chi connectivity index (χ4v) is 3.51. The normalized spacial score (nSPS) is 11.4. The molecule has 0 saturated carbocycles. The molecule has 0 aromatic carbocycles. The van der Waals surface area contributed by atoms with Gasteiger partial charge in [0, 0.05) is 23.5 Å². The molecule has 3 aromatic heterocycles. The number of carbonyl (C=O) groups excluding carboxylic acids is 2. The summed E-state index contributed by atoms with van der Waals surface area (Å²) in [5.74, 6) is -1.17. The van der Waals surface area contributed by atoms with E-state index in [0.29, 0.717) is 34.6 Å². The Morgan fingerprint density at radius 2 is 1.94 bits per heavy atom. The highest BCUT2D eigenvalue weighted by molar-refractivity contribution is 5.98. The molecule has 174 valence electrons. The van der Waals surface area contributed by atoms with Gasteiger partial charge in [-0.3, -0.25) is 14.8 Å². The Morgan fingerprint density at radius 1 is 1.21 bits per heavy atom. The number of esters is 1. The van der Waals surface area contributed by atoms with E-state index in [1.807, 2.05) is 6.07 Å². The van der Waals surface area contributed by atoms with E-state index in [4.69, 9.17) is 16.2 Å². The van der Waals surface area contributed by atoms with Crippen LogP contribution in [0.15, 0.2) is 30.7 Å². The van der Waals surface area contributed by atoms with E-state index < -0.39 is 17.5 Å². The highest BCUT2D eigenvalue weighted by Crippen LogP contribution is 2.34. The van der Waals surface area contributed by atoms with Gasteiger partial charge in [0.25, 0.3) is 5.91 Å². The molecule has 9 heteroatoms. The van der Waals surface area contributed by atoms with Crippen LogP contribution in [0.2, 0.25) is 0 Å². The predicted octanol–water partition coefficient (Wildman–Crippen LogP) is 3.62. The monoisotopic (exact) mass is 450 g/mol. The molecular formula is C24H30N6O3. The van der Waals surface area contributed by atoms with Gasteiger partial charge in [-0.15, -0.1) is 0 Å². The lowest BCUT2D eigenvalue weighted by Crippen LogP contribution is -2.25. The number of primary amides is 1. The van der Waals surface area contributed by atoms with Gasteiger partial charge < -0.3 is 16.2 Å². The Kier molecular flexibility index (Phi) is 6.81. The number of ether oxygens (including phenoxy) is 1. The zero-order valence-corrected chi connectivity index (χ0v) is 19.7. The van der Waals surface area contributed by atoms with Gasteiger partial charge in [0.1, 0.15) is 11.2 Å². The van der Waals surface area contributed by atoms with Crippen LogP contribution in [0.3, 0.4) is 0 Å². The second-order valence-corrected chi connectivity index (χ2v) is 8.83. The van der Waals surface area contributed by atoms with Crippen molar-refractivity contribution in [3.05, 3.63) is 53.1 Å². The van der Waals surface area contributed by atoms with Gasteiger partial charge in [-0.05, 0) is 52.7 Å². The first kappa shape index (κ1) is 23.9. The molecule has 9 nitrogen and oxygen atoms in total. The zero-order valence-electron chi connectivity index (χ0n) is 19.7. The number of nitrogens with two attached hydrogens (primary N) is 2.